The molecule has 1 saturated heterocycles. The van der Waals surface area contributed by atoms with Crippen LogP contribution in [0, 0.1) is 5.92 Å². The molecular formula is C22H24F3N5O3. The van der Waals surface area contributed by atoms with E-state index in [9.17, 15) is 22.8 Å². The number of hydrogen-bond donors (Lipinski definition) is 1. The van der Waals surface area contributed by atoms with Crippen molar-refractivity contribution in [3.63, 3.8) is 0 Å². The summed E-state index contributed by atoms with van der Waals surface area (Å²) in [6.45, 7) is 5.41. The summed E-state index contributed by atoms with van der Waals surface area (Å²) in [5.74, 6) is 0.00973. The number of halogens is 3. The topological polar surface area (TPSA) is 97.3 Å². The van der Waals surface area contributed by atoms with E-state index in [0.29, 0.717) is 29.3 Å². The molecule has 3 atom stereocenters. The van der Waals surface area contributed by atoms with Crippen LogP contribution in [-0.2, 0) is 22.3 Å². The number of piperidine rings is 1. The second-order valence-electron chi connectivity index (χ2n) is 9.24. The molecule has 2 aromatic rings. The Morgan fingerprint density at radius 3 is 2.55 bits per heavy atom. The van der Waals surface area contributed by atoms with Gasteiger partial charge in [0.1, 0.15) is 23.7 Å². The minimum atomic E-state index is -4.52. The van der Waals surface area contributed by atoms with Gasteiger partial charge in [0.25, 0.3) is 0 Å². The molecule has 1 saturated carbocycles. The third-order valence-electron chi connectivity index (χ3n) is 5.53. The summed E-state index contributed by atoms with van der Waals surface area (Å²) in [4.78, 5) is 38.6. The SMILES string of the molecule is CC(C)(C)OC(=O)N1C2C[C@@H]2C[C@H]1C(=O)NCc1cc(-c2ccc(C(F)(F)F)nc2)ncn1. The molecule has 2 aromatic heterocycles. The highest BCUT2D eigenvalue weighted by Gasteiger charge is 2.57. The number of hydrogen-bond acceptors (Lipinski definition) is 6. The first kappa shape index (κ1) is 22.9. The molecule has 1 aliphatic carbocycles. The lowest BCUT2D eigenvalue weighted by Crippen LogP contribution is -2.49. The average molecular weight is 463 g/mol. The molecule has 1 N–H and O–H groups in total. The van der Waals surface area contributed by atoms with Crippen LogP contribution in [0.1, 0.15) is 45.0 Å². The van der Waals surface area contributed by atoms with Gasteiger partial charge in [-0.05, 0) is 57.7 Å². The van der Waals surface area contributed by atoms with E-state index in [2.05, 4.69) is 20.3 Å². The highest BCUT2D eigenvalue weighted by molar-refractivity contribution is 5.87. The van der Waals surface area contributed by atoms with E-state index in [1.54, 1.807) is 26.8 Å². The molecule has 3 heterocycles. The zero-order valence-corrected chi connectivity index (χ0v) is 18.4. The number of carbonyl (C=O) groups is 2. The predicted octanol–water partition coefficient (Wildman–Crippen LogP) is 3.57. The lowest BCUT2D eigenvalue weighted by molar-refractivity contribution is -0.141. The Labute approximate surface area is 188 Å². The number of likely N-dealkylation sites (tertiary alicyclic amines) is 1. The van der Waals surface area contributed by atoms with Gasteiger partial charge in [-0.15, -0.1) is 0 Å². The number of nitrogens with zero attached hydrogens (tertiary/aromatic N) is 4. The van der Waals surface area contributed by atoms with Crippen molar-refractivity contribution in [1.82, 2.24) is 25.2 Å². The largest absolute Gasteiger partial charge is 0.444 e. The summed E-state index contributed by atoms with van der Waals surface area (Å²) in [6, 6.07) is 3.17. The highest BCUT2D eigenvalue weighted by Crippen LogP contribution is 2.48. The molecule has 11 heteroatoms. The Morgan fingerprint density at radius 1 is 1.15 bits per heavy atom. The third-order valence-corrected chi connectivity index (χ3v) is 5.53. The first-order chi connectivity index (χ1) is 15.4. The van der Waals surface area contributed by atoms with Gasteiger partial charge < -0.3 is 10.1 Å². The minimum Gasteiger partial charge on any atom is -0.444 e. The molecule has 33 heavy (non-hydrogen) atoms. The van der Waals surface area contributed by atoms with E-state index >= 15 is 0 Å². The quantitative estimate of drug-likeness (QED) is 0.745. The van der Waals surface area contributed by atoms with Crippen LogP contribution in [0.15, 0.2) is 30.7 Å². The fourth-order valence-electron chi connectivity index (χ4n) is 3.93. The smallest absolute Gasteiger partial charge is 0.433 e. The Kier molecular flexibility index (Phi) is 5.75. The maximum atomic E-state index is 12.8. The molecule has 176 valence electrons. The molecule has 0 spiro atoms. The second-order valence-corrected chi connectivity index (χ2v) is 9.24. The van der Waals surface area contributed by atoms with Gasteiger partial charge in [-0.3, -0.25) is 14.7 Å². The number of carbonyl (C=O) groups excluding carboxylic acids is 2. The van der Waals surface area contributed by atoms with Crippen molar-refractivity contribution < 1.29 is 27.5 Å². The van der Waals surface area contributed by atoms with Crippen molar-refractivity contribution in [2.24, 2.45) is 5.92 Å². The summed E-state index contributed by atoms with van der Waals surface area (Å²) in [7, 11) is 0. The van der Waals surface area contributed by atoms with Gasteiger partial charge in [0.2, 0.25) is 5.91 Å². The van der Waals surface area contributed by atoms with Crippen LogP contribution in [0.2, 0.25) is 0 Å². The average Bonchev–Trinajstić information content (AvgIpc) is 3.39. The molecule has 0 bridgehead atoms. The van der Waals surface area contributed by atoms with Crippen LogP contribution < -0.4 is 5.32 Å². The summed E-state index contributed by atoms with van der Waals surface area (Å²) >= 11 is 0. The Hall–Kier alpha value is -3.24. The highest BCUT2D eigenvalue weighted by atomic mass is 19.4. The first-order valence-corrected chi connectivity index (χ1v) is 10.6. The molecule has 8 nitrogen and oxygen atoms in total. The van der Waals surface area contributed by atoms with Crippen LogP contribution in [0.25, 0.3) is 11.3 Å². The Bertz CT molecular complexity index is 1050. The van der Waals surface area contributed by atoms with Gasteiger partial charge in [0.05, 0.1) is 17.9 Å². The van der Waals surface area contributed by atoms with Gasteiger partial charge >= 0.3 is 12.3 Å². The molecule has 0 aromatic carbocycles. The number of aromatic nitrogens is 3. The molecule has 2 amide bonds. The second kappa shape index (κ2) is 8.27. The number of fused-ring (bicyclic) bond motifs is 1. The van der Waals surface area contributed by atoms with Crippen molar-refractivity contribution >= 4 is 12.0 Å². The van der Waals surface area contributed by atoms with Gasteiger partial charge in [0.15, 0.2) is 0 Å². The normalized spacial score (nSPS) is 22.0. The predicted molar refractivity (Wildman–Crippen MR) is 110 cm³/mol. The van der Waals surface area contributed by atoms with Crippen molar-refractivity contribution in [2.45, 2.75) is 64.0 Å². The third kappa shape index (κ3) is 5.23. The summed E-state index contributed by atoms with van der Waals surface area (Å²) in [6.07, 6.45) is -1.19. The van der Waals surface area contributed by atoms with Gasteiger partial charge in [0, 0.05) is 17.8 Å². The van der Waals surface area contributed by atoms with E-state index in [4.69, 9.17) is 4.74 Å². The van der Waals surface area contributed by atoms with Gasteiger partial charge in [-0.25, -0.2) is 14.8 Å². The minimum absolute atomic E-state index is 0.0356. The fraction of sp³-hybridized carbons (Fsp3) is 0.500. The van der Waals surface area contributed by atoms with Crippen LogP contribution in [0.4, 0.5) is 18.0 Å². The van der Waals surface area contributed by atoms with Gasteiger partial charge in [-0.1, -0.05) is 0 Å². The zero-order valence-electron chi connectivity index (χ0n) is 18.4. The van der Waals surface area contributed by atoms with E-state index in [1.165, 1.54) is 17.3 Å². The molecule has 1 unspecified atom stereocenters. The summed E-state index contributed by atoms with van der Waals surface area (Å²) in [5.41, 5.74) is -0.398. The van der Waals surface area contributed by atoms with Crippen LogP contribution in [-0.4, -0.2) is 49.5 Å². The van der Waals surface area contributed by atoms with Crippen molar-refractivity contribution in [1.29, 1.82) is 0 Å². The number of amides is 2. The van der Waals surface area contributed by atoms with E-state index in [0.717, 1.165) is 18.7 Å². The number of alkyl halides is 3. The fourth-order valence-corrected chi connectivity index (χ4v) is 3.93. The standard InChI is InChI=1S/C22H24F3N5O3/c1-21(2,3)33-20(32)30-16-6-13(16)7-17(30)19(31)27-10-14-8-15(29-11-28-14)12-4-5-18(26-9-12)22(23,24)25/h4-5,8-9,11,13,16-17H,6-7,10H2,1-3H3,(H,27,31)/t13-,16?,17+/m1/s1. The molecule has 4 rings (SSSR count). The maximum Gasteiger partial charge on any atom is 0.433 e. The number of pyridine rings is 1. The first-order valence-electron chi connectivity index (χ1n) is 10.6. The number of nitrogens with one attached hydrogen (secondary N) is 1. The van der Waals surface area contributed by atoms with Crippen LogP contribution in [0.3, 0.4) is 0 Å². The van der Waals surface area contributed by atoms with Gasteiger partial charge in [-0.2, -0.15) is 13.2 Å². The molecule has 0 radical (unpaired) electrons. The molecule has 2 aliphatic rings. The maximum absolute atomic E-state index is 12.8. The lowest BCUT2D eigenvalue weighted by Gasteiger charge is -2.29. The molecule has 1 aliphatic heterocycles. The number of ether oxygens (including phenoxy) is 1. The van der Waals surface area contributed by atoms with Crippen molar-refractivity contribution in [3.05, 3.63) is 42.1 Å². The Morgan fingerprint density at radius 2 is 1.91 bits per heavy atom. The van der Waals surface area contributed by atoms with E-state index in [1.807, 2.05) is 0 Å². The van der Waals surface area contributed by atoms with Crippen molar-refractivity contribution in [2.75, 3.05) is 0 Å². The summed E-state index contributed by atoms with van der Waals surface area (Å²) in [5, 5.41) is 2.79. The van der Waals surface area contributed by atoms with E-state index < -0.39 is 29.6 Å². The summed E-state index contributed by atoms with van der Waals surface area (Å²) < 4.78 is 43.6. The van der Waals surface area contributed by atoms with Crippen LogP contribution in [0.5, 0.6) is 0 Å². The molecular weight excluding hydrogens is 439 g/mol. The Balaban J connectivity index is 1.40. The van der Waals surface area contributed by atoms with Crippen molar-refractivity contribution in [3.8, 4) is 11.3 Å². The van der Waals surface area contributed by atoms with E-state index in [-0.39, 0.29) is 18.5 Å². The number of rotatable bonds is 4. The van der Waals surface area contributed by atoms with Crippen LogP contribution >= 0.6 is 0 Å². The lowest BCUT2D eigenvalue weighted by atomic mass is 10.1. The zero-order chi connectivity index (χ0) is 24.0. The monoisotopic (exact) mass is 463 g/mol. The molecule has 2 fully saturated rings.